The van der Waals surface area contributed by atoms with E-state index in [0.29, 0.717) is 0 Å². The van der Waals surface area contributed by atoms with Gasteiger partial charge in [0.05, 0.1) is 13.2 Å². The lowest BCUT2D eigenvalue weighted by Gasteiger charge is -2.15. The summed E-state index contributed by atoms with van der Waals surface area (Å²) in [5.74, 6) is -1.05. The zero-order valence-electron chi connectivity index (χ0n) is 10.0. The Morgan fingerprint density at radius 1 is 1.18 bits per heavy atom. The number of amides is 2. The number of carbonyl (C=O) groups is 3. The summed E-state index contributed by atoms with van der Waals surface area (Å²) in [4.78, 5) is 33.2. The minimum Gasteiger partial charge on any atom is -0.466 e. The highest BCUT2D eigenvalue weighted by Crippen LogP contribution is 2.02. The number of primary amides is 1. The van der Waals surface area contributed by atoms with E-state index in [-0.39, 0.29) is 26.1 Å². The van der Waals surface area contributed by atoms with E-state index in [1.807, 2.05) is 0 Å². The molecule has 0 aliphatic heterocycles. The van der Waals surface area contributed by atoms with Gasteiger partial charge in [-0.3, -0.25) is 4.79 Å². The molecule has 0 aromatic heterocycles. The van der Waals surface area contributed by atoms with Crippen LogP contribution in [0, 0.1) is 0 Å². The molecule has 1 unspecified atom stereocenters. The highest BCUT2D eigenvalue weighted by atomic mass is 16.5. The third kappa shape index (κ3) is 7.15. The Bertz CT molecular complexity index is 280. The number of ether oxygens (including phenoxy) is 2. The van der Waals surface area contributed by atoms with E-state index >= 15 is 0 Å². The molecule has 98 valence electrons. The van der Waals surface area contributed by atoms with Gasteiger partial charge in [-0.15, -0.1) is 0 Å². The summed E-state index contributed by atoms with van der Waals surface area (Å²) < 4.78 is 9.44. The van der Waals surface area contributed by atoms with Crippen LogP contribution in [0.2, 0.25) is 0 Å². The Hall–Kier alpha value is -1.79. The third-order valence-electron chi connectivity index (χ3n) is 1.83. The van der Waals surface area contributed by atoms with Crippen molar-refractivity contribution < 1.29 is 23.9 Å². The molecule has 0 aliphatic carbocycles. The smallest absolute Gasteiger partial charge is 0.328 e. The van der Waals surface area contributed by atoms with Crippen LogP contribution in [0.25, 0.3) is 0 Å². The molecular formula is C10H18N2O5. The largest absolute Gasteiger partial charge is 0.466 e. The minimum absolute atomic E-state index is 0.0115. The van der Waals surface area contributed by atoms with E-state index in [4.69, 9.17) is 15.2 Å². The number of hydrogen-bond acceptors (Lipinski definition) is 5. The van der Waals surface area contributed by atoms with Crippen molar-refractivity contribution in [1.29, 1.82) is 0 Å². The predicted molar refractivity (Wildman–Crippen MR) is 59.0 cm³/mol. The molecule has 1 atom stereocenters. The van der Waals surface area contributed by atoms with Crippen LogP contribution >= 0.6 is 0 Å². The third-order valence-corrected chi connectivity index (χ3v) is 1.83. The monoisotopic (exact) mass is 246 g/mol. The average Bonchev–Trinajstić information content (AvgIpc) is 2.24. The zero-order valence-corrected chi connectivity index (χ0v) is 10.0. The highest BCUT2D eigenvalue weighted by molar-refractivity contribution is 5.83. The van der Waals surface area contributed by atoms with Crippen molar-refractivity contribution in [2.45, 2.75) is 32.7 Å². The Kier molecular flexibility index (Phi) is 7.49. The van der Waals surface area contributed by atoms with Gasteiger partial charge in [-0.1, -0.05) is 0 Å². The fourth-order valence-corrected chi connectivity index (χ4v) is 1.16. The van der Waals surface area contributed by atoms with Crippen LogP contribution in [-0.4, -0.2) is 37.2 Å². The summed E-state index contributed by atoms with van der Waals surface area (Å²) in [5.41, 5.74) is 4.92. The molecule has 7 nitrogen and oxygen atoms in total. The summed E-state index contributed by atoms with van der Waals surface area (Å²) in [6, 6.07) is -1.76. The van der Waals surface area contributed by atoms with E-state index < -0.39 is 24.0 Å². The van der Waals surface area contributed by atoms with Crippen LogP contribution < -0.4 is 11.1 Å². The van der Waals surface area contributed by atoms with Crippen LogP contribution in [-0.2, 0) is 19.1 Å². The molecule has 0 aromatic carbocycles. The van der Waals surface area contributed by atoms with Gasteiger partial charge >= 0.3 is 18.0 Å². The normalized spacial score (nSPS) is 11.4. The van der Waals surface area contributed by atoms with Gasteiger partial charge in [-0.25, -0.2) is 9.59 Å². The Labute approximate surface area is 99.6 Å². The van der Waals surface area contributed by atoms with Gasteiger partial charge < -0.3 is 20.5 Å². The predicted octanol–water partition coefficient (Wildman–Crippen LogP) is -0.0703. The summed E-state index contributed by atoms with van der Waals surface area (Å²) >= 11 is 0. The van der Waals surface area contributed by atoms with Crippen molar-refractivity contribution in [3.63, 3.8) is 0 Å². The van der Waals surface area contributed by atoms with Gasteiger partial charge in [0.25, 0.3) is 0 Å². The van der Waals surface area contributed by atoms with Crippen LogP contribution in [0.15, 0.2) is 0 Å². The molecule has 0 heterocycles. The molecule has 0 rings (SSSR count). The quantitative estimate of drug-likeness (QED) is 0.611. The average molecular weight is 246 g/mol. The number of nitrogens with one attached hydrogen (secondary N) is 1. The van der Waals surface area contributed by atoms with Crippen LogP contribution in [0.4, 0.5) is 4.79 Å². The van der Waals surface area contributed by atoms with Crippen molar-refractivity contribution in [1.82, 2.24) is 5.32 Å². The summed E-state index contributed by atoms with van der Waals surface area (Å²) in [5, 5.41) is 2.22. The number of nitrogens with two attached hydrogens (primary N) is 1. The number of carbonyl (C=O) groups excluding carboxylic acids is 3. The van der Waals surface area contributed by atoms with Gasteiger partial charge in [0.2, 0.25) is 0 Å². The molecule has 0 saturated carbocycles. The van der Waals surface area contributed by atoms with E-state index in [9.17, 15) is 14.4 Å². The second-order valence-electron chi connectivity index (χ2n) is 3.16. The summed E-state index contributed by atoms with van der Waals surface area (Å²) in [6.45, 7) is 3.79. The standard InChI is InChI=1S/C10H18N2O5/c1-3-16-8(13)6-5-7(12-10(11)15)9(14)17-4-2/h7H,3-6H2,1-2H3,(H3,11,12,15). The molecule has 0 saturated heterocycles. The minimum atomic E-state index is -0.920. The lowest BCUT2D eigenvalue weighted by atomic mass is 10.1. The van der Waals surface area contributed by atoms with Crippen LogP contribution in [0.3, 0.4) is 0 Å². The molecule has 7 heteroatoms. The van der Waals surface area contributed by atoms with E-state index in [0.717, 1.165) is 0 Å². The Morgan fingerprint density at radius 2 is 1.76 bits per heavy atom. The molecular weight excluding hydrogens is 228 g/mol. The van der Waals surface area contributed by atoms with Gasteiger partial charge in [0.15, 0.2) is 0 Å². The fraction of sp³-hybridized carbons (Fsp3) is 0.700. The first-order valence-corrected chi connectivity index (χ1v) is 5.39. The van der Waals surface area contributed by atoms with E-state index in [2.05, 4.69) is 5.32 Å². The lowest BCUT2D eigenvalue weighted by Crippen LogP contribution is -2.44. The Balaban J connectivity index is 4.23. The molecule has 0 aromatic rings. The van der Waals surface area contributed by atoms with Crippen LogP contribution in [0.1, 0.15) is 26.7 Å². The molecule has 0 bridgehead atoms. The maximum absolute atomic E-state index is 11.4. The van der Waals surface area contributed by atoms with Gasteiger partial charge in [-0.2, -0.15) is 0 Å². The second kappa shape index (κ2) is 8.37. The first kappa shape index (κ1) is 15.2. The van der Waals surface area contributed by atoms with Crippen molar-refractivity contribution in [3.05, 3.63) is 0 Å². The van der Waals surface area contributed by atoms with Crippen molar-refractivity contribution >= 4 is 18.0 Å². The maximum Gasteiger partial charge on any atom is 0.328 e. The van der Waals surface area contributed by atoms with E-state index in [1.54, 1.807) is 13.8 Å². The number of urea groups is 1. The van der Waals surface area contributed by atoms with Gasteiger partial charge in [0, 0.05) is 6.42 Å². The zero-order chi connectivity index (χ0) is 13.3. The maximum atomic E-state index is 11.4. The van der Waals surface area contributed by atoms with Crippen molar-refractivity contribution in [2.75, 3.05) is 13.2 Å². The molecule has 17 heavy (non-hydrogen) atoms. The molecule has 2 amide bonds. The first-order valence-electron chi connectivity index (χ1n) is 5.39. The fourth-order valence-electron chi connectivity index (χ4n) is 1.16. The molecule has 0 radical (unpaired) electrons. The number of hydrogen-bond donors (Lipinski definition) is 2. The van der Waals surface area contributed by atoms with Crippen molar-refractivity contribution in [2.24, 2.45) is 5.73 Å². The second-order valence-corrected chi connectivity index (χ2v) is 3.16. The summed E-state index contributed by atoms with van der Waals surface area (Å²) in [7, 11) is 0. The van der Waals surface area contributed by atoms with Crippen molar-refractivity contribution in [3.8, 4) is 0 Å². The first-order chi connectivity index (χ1) is 8.01. The number of rotatable bonds is 7. The molecule has 0 spiro atoms. The summed E-state index contributed by atoms with van der Waals surface area (Å²) in [6.07, 6.45) is 0.109. The van der Waals surface area contributed by atoms with Gasteiger partial charge in [-0.05, 0) is 20.3 Å². The number of esters is 2. The Morgan fingerprint density at radius 3 is 2.24 bits per heavy atom. The molecule has 0 fully saturated rings. The highest BCUT2D eigenvalue weighted by Gasteiger charge is 2.22. The van der Waals surface area contributed by atoms with Crippen LogP contribution in [0.5, 0.6) is 0 Å². The topological polar surface area (TPSA) is 108 Å². The molecule has 0 aliphatic rings. The van der Waals surface area contributed by atoms with E-state index in [1.165, 1.54) is 0 Å². The van der Waals surface area contributed by atoms with Gasteiger partial charge in [0.1, 0.15) is 6.04 Å². The molecule has 3 N–H and O–H groups in total. The lowest BCUT2D eigenvalue weighted by molar-refractivity contribution is -0.146. The SMILES string of the molecule is CCOC(=O)CCC(NC(N)=O)C(=O)OCC.